The van der Waals surface area contributed by atoms with Crippen molar-refractivity contribution in [2.75, 3.05) is 46.3 Å². The predicted molar refractivity (Wildman–Crippen MR) is 114 cm³/mol. The second-order valence-corrected chi connectivity index (χ2v) is 6.81. The monoisotopic (exact) mass is 517 g/mol. The second-order valence-electron chi connectivity index (χ2n) is 6.81. The van der Waals surface area contributed by atoms with Crippen LogP contribution in [0.4, 0.5) is 13.2 Å². The van der Waals surface area contributed by atoms with E-state index in [0.29, 0.717) is 19.6 Å². The molecule has 1 atom stereocenters. The maximum Gasteiger partial charge on any atom is 0.401 e. The first-order valence-electron chi connectivity index (χ1n) is 9.47. The molecule has 1 aliphatic rings. The summed E-state index contributed by atoms with van der Waals surface area (Å²) in [5, 5.41) is 11.3. The van der Waals surface area contributed by atoms with Gasteiger partial charge in [0.2, 0.25) is 0 Å². The molecule has 7 nitrogen and oxygen atoms in total. The first-order valence-corrected chi connectivity index (χ1v) is 9.47. The van der Waals surface area contributed by atoms with Gasteiger partial charge in [-0.2, -0.15) is 13.2 Å². The normalized spacial score (nSPS) is 17.9. The van der Waals surface area contributed by atoms with Crippen LogP contribution in [0.15, 0.2) is 11.3 Å². The Kier molecular flexibility index (Phi) is 10.5. The minimum atomic E-state index is -4.15. The lowest BCUT2D eigenvalue weighted by Crippen LogP contribution is -2.42. The maximum atomic E-state index is 12.6. The number of aryl methyl sites for hydroxylation is 1. The molecule has 2 rings (SSSR count). The third kappa shape index (κ3) is 7.72. The molecule has 0 aliphatic carbocycles. The Balaban J connectivity index is 0.00000392. The average Bonchev–Trinajstić information content (AvgIpc) is 3.26. The number of nitrogens with zero attached hydrogens (tertiary/aromatic N) is 6. The molecule has 1 aromatic rings. The van der Waals surface area contributed by atoms with Crippen LogP contribution in [0.5, 0.6) is 0 Å². The zero-order valence-electron chi connectivity index (χ0n) is 16.7. The van der Waals surface area contributed by atoms with E-state index in [-0.39, 0.29) is 29.9 Å². The summed E-state index contributed by atoms with van der Waals surface area (Å²) in [6.07, 6.45) is -0.727. The molecule has 1 saturated heterocycles. The first-order chi connectivity index (χ1) is 12.9. The molecule has 2 heterocycles. The summed E-state index contributed by atoms with van der Waals surface area (Å²) in [5.74, 6) is 1.95. The van der Waals surface area contributed by atoms with Crippen LogP contribution < -0.4 is 5.32 Å². The van der Waals surface area contributed by atoms with Crippen molar-refractivity contribution < 1.29 is 13.2 Å². The predicted octanol–water partition coefficient (Wildman–Crippen LogP) is 2.24. The molecule has 1 fully saturated rings. The molecule has 0 spiro atoms. The van der Waals surface area contributed by atoms with Crippen molar-refractivity contribution in [1.82, 2.24) is 29.9 Å². The highest BCUT2D eigenvalue weighted by atomic mass is 127. The topological polar surface area (TPSA) is 61.6 Å². The van der Waals surface area contributed by atoms with Gasteiger partial charge in [-0.1, -0.05) is 13.8 Å². The van der Waals surface area contributed by atoms with Crippen LogP contribution in [0.25, 0.3) is 0 Å². The van der Waals surface area contributed by atoms with Crippen molar-refractivity contribution in [2.24, 2.45) is 10.9 Å². The SMILES string of the molecule is CCc1nncn1CCNC(=NC)N1CCC(CN(CC)CC(F)(F)F)C1.I. The Morgan fingerprint density at radius 2 is 2.14 bits per heavy atom. The number of hydrogen-bond donors (Lipinski definition) is 1. The number of halogens is 4. The number of likely N-dealkylation sites (tertiary alicyclic amines) is 1. The number of aromatic nitrogens is 3. The highest BCUT2D eigenvalue weighted by Gasteiger charge is 2.32. The first kappa shape index (κ1) is 24.9. The largest absolute Gasteiger partial charge is 0.401 e. The minimum Gasteiger partial charge on any atom is -0.354 e. The van der Waals surface area contributed by atoms with E-state index in [1.54, 1.807) is 20.3 Å². The van der Waals surface area contributed by atoms with Gasteiger partial charge in [-0.05, 0) is 18.9 Å². The quantitative estimate of drug-likeness (QED) is 0.326. The van der Waals surface area contributed by atoms with E-state index in [0.717, 1.165) is 44.3 Å². The molecular formula is C17H31F3IN7. The van der Waals surface area contributed by atoms with Crippen molar-refractivity contribution in [3.63, 3.8) is 0 Å². The summed E-state index contributed by atoms with van der Waals surface area (Å²) in [7, 11) is 1.73. The lowest BCUT2D eigenvalue weighted by atomic mass is 10.1. The molecule has 28 heavy (non-hydrogen) atoms. The number of alkyl halides is 3. The summed E-state index contributed by atoms with van der Waals surface area (Å²) in [6.45, 7) is 6.79. The van der Waals surface area contributed by atoms with Gasteiger partial charge in [0.15, 0.2) is 5.96 Å². The standard InChI is InChI=1S/C17H30F3N7.HI/c1-4-15-24-23-13-27(15)9-7-22-16(21-3)26-8-6-14(11-26)10-25(5-2)12-17(18,19)20;/h13-14H,4-12H2,1-3H3,(H,21,22);1H. The molecule has 1 aromatic heterocycles. The Morgan fingerprint density at radius 3 is 2.75 bits per heavy atom. The van der Waals surface area contributed by atoms with Crippen molar-refractivity contribution >= 4 is 29.9 Å². The van der Waals surface area contributed by atoms with Gasteiger partial charge in [0, 0.05) is 46.2 Å². The number of aliphatic imine (C=N–C) groups is 1. The molecule has 0 radical (unpaired) electrons. The molecule has 162 valence electrons. The molecule has 11 heteroatoms. The van der Waals surface area contributed by atoms with Crippen molar-refractivity contribution in [2.45, 2.75) is 39.4 Å². The van der Waals surface area contributed by atoms with Gasteiger partial charge in [0.05, 0.1) is 6.54 Å². The average molecular weight is 517 g/mol. The van der Waals surface area contributed by atoms with E-state index >= 15 is 0 Å². The van der Waals surface area contributed by atoms with Gasteiger partial charge in [0.25, 0.3) is 0 Å². The molecule has 0 aromatic carbocycles. The van der Waals surface area contributed by atoms with Crippen LogP contribution >= 0.6 is 24.0 Å². The lowest BCUT2D eigenvalue weighted by molar-refractivity contribution is -0.146. The van der Waals surface area contributed by atoms with E-state index in [9.17, 15) is 13.2 Å². The molecule has 1 aliphatic heterocycles. The Morgan fingerprint density at radius 1 is 1.39 bits per heavy atom. The summed E-state index contributed by atoms with van der Waals surface area (Å²) in [5.41, 5.74) is 0. The number of rotatable bonds is 8. The summed E-state index contributed by atoms with van der Waals surface area (Å²) in [4.78, 5) is 7.92. The molecule has 1 N–H and O–H groups in total. The highest BCUT2D eigenvalue weighted by molar-refractivity contribution is 14.0. The van der Waals surface area contributed by atoms with Crippen LogP contribution in [0.1, 0.15) is 26.1 Å². The van der Waals surface area contributed by atoms with Crippen LogP contribution in [0, 0.1) is 5.92 Å². The third-order valence-electron chi connectivity index (χ3n) is 4.81. The summed E-state index contributed by atoms with van der Waals surface area (Å²) >= 11 is 0. The summed E-state index contributed by atoms with van der Waals surface area (Å²) < 4.78 is 39.9. The summed E-state index contributed by atoms with van der Waals surface area (Å²) in [6, 6.07) is 0. The third-order valence-corrected chi connectivity index (χ3v) is 4.81. The Labute approximate surface area is 181 Å². The van der Waals surface area contributed by atoms with Crippen molar-refractivity contribution in [3.05, 3.63) is 12.2 Å². The minimum absolute atomic E-state index is 0. The molecule has 0 bridgehead atoms. The molecule has 1 unspecified atom stereocenters. The Hall–Kier alpha value is -1.11. The van der Waals surface area contributed by atoms with Crippen LogP contribution in [0.2, 0.25) is 0 Å². The van der Waals surface area contributed by atoms with Crippen LogP contribution in [-0.2, 0) is 13.0 Å². The lowest BCUT2D eigenvalue weighted by Gasteiger charge is -2.26. The zero-order chi connectivity index (χ0) is 19.9. The zero-order valence-corrected chi connectivity index (χ0v) is 19.1. The maximum absolute atomic E-state index is 12.6. The fourth-order valence-electron chi connectivity index (χ4n) is 3.46. The highest BCUT2D eigenvalue weighted by Crippen LogP contribution is 2.21. The van der Waals surface area contributed by atoms with E-state index in [4.69, 9.17) is 0 Å². The van der Waals surface area contributed by atoms with E-state index in [1.165, 1.54) is 4.90 Å². The van der Waals surface area contributed by atoms with Gasteiger partial charge in [-0.25, -0.2) is 0 Å². The fraction of sp³-hybridized carbons (Fsp3) is 0.824. The van der Waals surface area contributed by atoms with Crippen LogP contribution in [0.3, 0.4) is 0 Å². The second kappa shape index (κ2) is 11.8. The van der Waals surface area contributed by atoms with Crippen molar-refractivity contribution in [3.8, 4) is 0 Å². The molecular weight excluding hydrogens is 486 g/mol. The van der Waals surface area contributed by atoms with Gasteiger partial charge in [0.1, 0.15) is 12.2 Å². The van der Waals surface area contributed by atoms with Crippen LogP contribution in [-0.4, -0.2) is 83.0 Å². The van der Waals surface area contributed by atoms with Gasteiger partial charge in [-0.3, -0.25) is 9.89 Å². The fourth-order valence-corrected chi connectivity index (χ4v) is 3.46. The van der Waals surface area contributed by atoms with Gasteiger partial charge >= 0.3 is 6.18 Å². The number of hydrogen-bond acceptors (Lipinski definition) is 4. The van der Waals surface area contributed by atoms with Crippen molar-refractivity contribution in [1.29, 1.82) is 0 Å². The van der Waals surface area contributed by atoms with E-state index in [1.807, 2.05) is 11.5 Å². The number of guanidine groups is 1. The number of nitrogens with one attached hydrogen (secondary N) is 1. The smallest absolute Gasteiger partial charge is 0.354 e. The van der Waals surface area contributed by atoms with E-state index < -0.39 is 12.7 Å². The molecule has 0 amide bonds. The van der Waals surface area contributed by atoms with Gasteiger partial charge < -0.3 is 14.8 Å². The Bertz CT molecular complexity index is 606. The van der Waals surface area contributed by atoms with Gasteiger partial charge in [-0.15, -0.1) is 34.2 Å². The van der Waals surface area contributed by atoms with E-state index in [2.05, 4.69) is 25.4 Å². The molecule has 0 saturated carbocycles.